The van der Waals surface area contributed by atoms with Gasteiger partial charge in [0.2, 0.25) is 5.91 Å². The Balaban J connectivity index is 1.51. The van der Waals surface area contributed by atoms with Crippen LogP contribution in [-0.4, -0.2) is 42.2 Å². The number of nitrogens with two attached hydrogens (primary N) is 1. The fraction of sp³-hybridized carbons (Fsp3) is 0.500. The van der Waals surface area contributed by atoms with E-state index in [1.54, 1.807) is 0 Å². The Kier molecular flexibility index (Phi) is 4.84. The molecule has 0 radical (unpaired) electrons. The molecule has 0 saturated carbocycles. The summed E-state index contributed by atoms with van der Waals surface area (Å²) in [6, 6.07) is 3.92. The van der Waals surface area contributed by atoms with Crippen molar-refractivity contribution in [2.24, 2.45) is 11.7 Å². The van der Waals surface area contributed by atoms with E-state index in [1.165, 1.54) is 12.1 Å². The lowest BCUT2D eigenvalue weighted by molar-refractivity contribution is -0.384. The average molecular weight is 349 g/mol. The van der Waals surface area contributed by atoms with Crippen LogP contribution in [0, 0.1) is 16.0 Å². The third kappa shape index (κ3) is 3.71. The molecule has 1 amide bonds. The van der Waals surface area contributed by atoms with Crippen molar-refractivity contribution in [3.63, 3.8) is 0 Å². The van der Waals surface area contributed by atoms with Crippen LogP contribution in [-0.2, 0) is 14.3 Å². The highest BCUT2D eigenvalue weighted by Crippen LogP contribution is 2.39. The molecule has 2 bridgehead atoms. The minimum Gasteiger partial charge on any atom is -0.464 e. The lowest BCUT2D eigenvalue weighted by Crippen LogP contribution is -2.28. The molecule has 2 saturated heterocycles. The molecule has 3 rings (SSSR count). The molecule has 2 aliphatic rings. The Morgan fingerprint density at radius 1 is 1.40 bits per heavy atom. The summed E-state index contributed by atoms with van der Waals surface area (Å²) in [7, 11) is 0. The van der Waals surface area contributed by atoms with Crippen LogP contribution in [0.4, 0.5) is 11.4 Å². The SMILES string of the molecule is NC(=O)c1ccc(NCCOC(=O)[C@@H]2C[C@H]3CC[C@H]2O3)c([N+](=O)[O-])c1. The summed E-state index contributed by atoms with van der Waals surface area (Å²) in [5.74, 6) is -1.23. The second-order valence-electron chi connectivity index (χ2n) is 6.16. The molecular weight excluding hydrogens is 330 g/mol. The average Bonchev–Trinajstić information content (AvgIpc) is 3.21. The zero-order chi connectivity index (χ0) is 18.0. The maximum absolute atomic E-state index is 12.1. The van der Waals surface area contributed by atoms with Gasteiger partial charge in [0.25, 0.3) is 5.69 Å². The quantitative estimate of drug-likeness (QED) is 0.327. The molecule has 25 heavy (non-hydrogen) atoms. The van der Waals surface area contributed by atoms with E-state index < -0.39 is 10.8 Å². The first-order valence-corrected chi connectivity index (χ1v) is 8.10. The monoisotopic (exact) mass is 349 g/mol. The topological polar surface area (TPSA) is 134 Å². The first-order chi connectivity index (χ1) is 12.0. The number of nitro groups is 1. The highest BCUT2D eigenvalue weighted by molar-refractivity contribution is 5.94. The number of nitrogens with zero attached hydrogens (tertiary/aromatic N) is 1. The molecule has 2 fully saturated rings. The Hall–Kier alpha value is -2.68. The van der Waals surface area contributed by atoms with Crippen molar-refractivity contribution >= 4 is 23.3 Å². The van der Waals surface area contributed by atoms with E-state index in [1.807, 2.05) is 0 Å². The van der Waals surface area contributed by atoms with E-state index in [0.29, 0.717) is 6.42 Å². The molecule has 2 heterocycles. The number of ether oxygens (including phenoxy) is 2. The van der Waals surface area contributed by atoms with Crippen molar-refractivity contribution in [3.05, 3.63) is 33.9 Å². The molecule has 2 aliphatic heterocycles. The van der Waals surface area contributed by atoms with Crippen LogP contribution in [0.5, 0.6) is 0 Å². The molecular formula is C16H19N3O6. The number of benzene rings is 1. The molecule has 3 atom stereocenters. The fourth-order valence-electron chi connectivity index (χ4n) is 3.32. The number of primary amides is 1. The normalized spacial score (nSPS) is 24.1. The van der Waals surface area contributed by atoms with Crippen molar-refractivity contribution in [1.82, 2.24) is 0 Å². The van der Waals surface area contributed by atoms with Gasteiger partial charge in [-0.25, -0.2) is 0 Å². The number of hydrogen-bond donors (Lipinski definition) is 2. The predicted molar refractivity (Wildman–Crippen MR) is 87.1 cm³/mol. The lowest BCUT2D eigenvalue weighted by atomic mass is 9.89. The van der Waals surface area contributed by atoms with Gasteiger partial charge in [-0.05, 0) is 31.4 Å². The predicted octanol–water partition coefficient (Wildman–Crippen LogP) is 1.22. The number of anilines is 1. The summed E-state index contributed by atoms with van der Waals surface area (Å²) in [5, 5.41) is 13.9. The van der Waals surface area contributed by atoms with Crippen LogP contribution >= 0.6 is 0 Å². The van der Waals surface area contributed by atoms with E-state index in [4.69, 9.17) is 15.2 Å². The lowest BCUT2D eigenvalue weighted by Gasteiger charge is -2.17. The van der Waals surface area contributed by atoms with Crippen LogP contribution in [0.15, 0.2) is 18.2 Å². The Morgan fingerprint density at radius 3 is 2.80 bits per heavy atom. The van der Waals surface area contributed by atoms with Crippen molar-refractivity contribution in [2.75, 3.05) is 18.5 Å². The Labute approximate surface area is 143 Å². The summed E-state index contributed by atoms with van der Waals surface area (Å²) < 4.78 is 10.9. The van der Waals surface area contributed by atoms with E-state index in [9.17, 15) is 19.7 Å². The second-order valence-corrected chi connectivity index (χ2v) is 6.16. The van der Waals surface area contributed by atoms with Crippen LogP contribution < -0.4 is 11.1 Å². The van der Waals surface area contributed by atoms with E-state index in [-0.39, 0.29) is 54.2 Å². The number of carbonyl (C=O) groups excluding carboxylic acids is 2. The van der Waals surface area contributed by atoms with Gasteiger partial charge in [-0.15, -0.1) is 0 Å². The highest BCUT2D eigenvalue weighted by Gasteiger charge is 2.45. The van der Waals surface area contributed by atoms with E-state index in [2.05, 4.69) is 5.32 Å². The van der Waals surface area contributed by atoms with Crippen LogP contribution in [0.3, 0.4) is 0 Å². The molecule has 0 aromatic heterocycles. The summed E-state index contributed by atoms with van der Waals surface area (Å²) in [6.07, 6.45) is 2.74. The molecule has 134 valence electrons. The maximum atomic E-state index is 12.1. The number of fused-ring (bicyclic) bond motifs is 2. The van der Waals surface area contributed by atoms with Gasteiger partial charge in [0.1, 0.15) is 12.3 Å². The number of nitrogens with one attached hydrogen (secondary N) is 1. The van der Waals surface area contributed by atoms with Gasteiger partial charge in [0, 0.05) is 18.2 Å². The summed E-state index contributed by atoms with van der Waals surface area (Å²) >= 11 is 0. The Morgan fingerprint density at radius 2 is 2.20 bits per heavy atom. The molecule has 9 heteroatoms. The van der Waals surface area contributed by atoms with Crippen LogP contribution in [0.25, 0.3) is 0 Å². The summed E-state index contributed by atoms with van der Waals surface area (Å²) in [6.45, 7) is 0.297. The van der Waals surface area contributed by atoms with E-state index >= 15 is 0 Å². The molecule has 1 aromatic carbocycles. The molecule has 0 spiro atoms. The van der Waals surface area contributed by atoms with Crippen molar-refractivity contribution in [2.45, 2.75) is 31.5 Å². The second kappa shape index (κ2) is 7.06. The Bertz CT molecular complexity index is 707. The van der Waals surface area contributed by atoms with E-state index in [0.717, 1.165) is 18.9 Å². The van der Waals surface area contributed by atoms with Gasteiger partial charge < -0.3 is 20.5 Å². The first kappa shape index (κ1) is 17.2. The van der Waals surface area contributed by atoms with Gasteiger partial charge in [-0.1, -0.05) is 0 Å². The molecule has 1 aromatic rings. The van der Waals surface area contributed by atoms with Crippen molar-refractivity contribution < 1.29 is 24.0 Å². The van der Waals surface area contributed by atoms with Gasteiger partial charge in [-0.2, -0.15) is 0 Å². The zero-order valence-corrected chi connectivity index (χ0v) is 13.5. The van der Waals surface area contributed by atoms with Gasteiger partial charge in [0.15, 0.2) is 0 Å². The number of rotatable bonds is 7. The van der Waals surface area contributed by atoms with Gasteiger partial charge in [-0.3, -0.25) is 19.7 Å². The highest BCUT2D eigenvalue weighted by atomic mass is 16.6. The molecule has 0 aliphatic carbocycles. The number of amides is 1. The number of esters is 1. The first-order valence-electron chi connectivity index (χ1n) is 8.10. The minimum atomic E-state index is -0.739. The number of nitro benzene ring substituents is 1. The van der Waals surface area contributed by atoms with Crippen molar-refractivity contribution in [1.29, 1.82) is 0 Å². The molecule has 0 unspecified atom stereocenters. The van der Waals surface area contributed by atoms with Crippen LogP contribution in [0.1, 0.15) is 29.6 Å². The number of carbonyl (C=O) groups is 2. The summed E-state index contributed by atoms with van der Waals surface area (Å²) in [5.41, 5.74) is 5.15. The third-order valence-electron chi connectivity index (χ3n) is 4.55. The minimum absolute atomic E-state index is 0.0344. The van der Waals surface area contributed by atoms with Gasteiger partial charge >= 0.3 is 5.97 Å². The zero-order valence-electron chi connectivity index (χ0n) is 13.5. The molecule has 9 nitrogen and oxygen atoms in total. The summed E-state index contributed by atoms with van der Waals surface area (Å²) in [4.78, 5) is 33.7. The van der Waals surface area contributed by atoms with Crippen LogP contribution in [0.2, 0.25) is 0 Å². The standard InChI is InChI=1S/C16H19N3O6/c17-15(20)9-1-3-12(13(7-9)19(22)23)18-5-6-24-16(21)11-8-10-2-4-14(11)25-10/h1,3,7,10-11,14,18H,2,4-6,8H2,(H2,17,20)/t10-,11-,14-/m1/s1. The fourth-order valence-corrected chi connectivity index (χ4v) is 3.32. The maximum Gasteiger partial charge on any atom is 0.311 e. The third-order valence-corrected chi connectivity index (χ3v) is 4.55. The smallest absolute Gasteiger partial charge is 0.311 e. The van der Waals surface area contributed by atoms with Crippen molar-refractivity contribution in [3.8, 4) is 0 Å². The van der Waals surface area contributed by atoms with Gasteiger partial charge in [0.05, 0.1) is 23.0 Å². The largest absolute Gasteiger partial charge is 0.464 e. The molecule has 3 N–H and O–H groups in total. The number of hydrogen-bond acceptors (Lipinski definition) is 7.